The highest BCUT2D eigenvalue weighted by atomic mass is 16.6. The summed E-state index contributed by atoms with van der Waals surface area (Å²) in [5.41, 5.74) is 0. The summed E-state index contributed by atoms with van der Waals surface area (Å²) >= 11 is 0. The van der Waals surface area contributed by atoms with Crippen molar-refractivity contribution in [3.05, 3.63) is 72.9 Å². The third kappa shape index (κ3) is 59.7. The average molecular weight is 1030 g/mol. The van der Waals surface area contributed by atoms with E-state index in [0.29, 0.717) is 19.3 Å². The Morgan fingerprint density at radius 3 is 0.838 bits per heavy atom. The normalized spacial score (nSPS) is 12.5. The molecule has 0 aromatic carbocycles. The van der Waals surface area contributed by atoms with Gasteiger partial charge in [-0.05, 0) is 109 Å². The van der Waals surface area contributed by atoms with Crippen molar-refractivity contribution in [2.45, 2.75) is 329 Å². The molecule has 0 aromatic heterocycles. The molecule has 0 N–H and O–H groups in total. The Morgan fingerprint density at radius 2 is 0.527 bits per heavy atom. The van der Waals surface area contributed by atoms with Crippen molar-refractivity contribution in [3.8, 4) is 0 Å². The Morgan fingerprint density at radius 1 is 0.284 bits per heavy atom. The smallest absolute Gasteiger partial charge is 0.306 e. The molecule has 0 radical (unpaired) electrons. The van der Waals surface area contributed by atoms with Crippen LogP contribution in [0, 0.1) is 0 Å². The zero-order chi connectivity index (χ0) is 53.6. The lowest BCUT2D eigenvalue weighted by Crippen LogP contribution is -2.30. The Balaban J connectivity index is 4.38. The first-order valence-corrected chi connectivity index (χ1v) is 31.9. The summed E-state index contributed by atoms with van der Waals surface area (Å²) in [6, 6.07) is 0. The maximum Gasteiger partial charge on any atom is 0.306 e. The maximum absolute atomic E-state index is 12.9. The fourth-order valence-electron chi connectivity index (χ4n) is 9.13. The molecule has 0 aliphatic carbocycles. The molecular formula is C68H120O6. The molecule has 6 heteroatoms. The topological polar surface area (TPSA) is 78.9 Å². The molecule has 0 aliphatic rings. The van der Waals surface area contributed by atoms with Gasteiger partial charge in [0.25, 0.3) is 0 Å². The summed E-state index contributed by atoms with van der Waals surface area (Å²) in [4.78, 5) is 38.3. The molecule has 6 nitrogen and oxygen atoms in total. The molecule has 428 valence electrons. The van der Waals surface area contributed by atoms with Crippen LogP contribution in [0.2, 0.25) is 0 Å². The monoisotopic (exact) mass is 1030 g/mol. The fourth-order valence-corrected chi connectivity index (χ4v) is 9.13. The van der Waals surface area contributed by atoms with Gasteiger partial charge in [0.2, 0.25) is 0 Å². The number of hydrogen-bond donors (Lipinski definition) is 0. The molecule has 74 heavy (non-hydrogen) atoms. The summed E-state index contributed by atoms with van der Waals surface area (Å²) in [5.74, 6) is -0.885. The SMILES string of the molecule is CC/C=C\C/C=C\C/C=C\CCCCCCCCCC(=O)OCC(COC(=O)CCCCCCCCCCC/C=C\C/C=C\CCCCCCC)OC(=O)CCCCCCCCC/C=C\CCCCCCCCC. The predicted octanol–water partition coefficient (Wildman–Crippen LogP) is 21.7. The van der Waals surface area contributed by atoms with Gasteiger partial charge in [-0.1, -0.05) is 267 Å². The van der Waals surface area contributed by atoms with Crippen LogP contribution in [0.25, 0.3) is 0 Å². The average Bonchev–Trinajstić information content (AvgIpc) is 3.40. The molecule has 0 aliphatic heterocycles. The Labute approximate surface area is 459 Å². The van der Waals surface area contributed by atoms with E-state index in [9.17, 15) is 14.4 Å². The van der Waals surface area contributed by atoms with Gasteiger partial charge >= 0.3 is 17.9 Å². The maximum atomic E-state index is 12.9. The van der Waals surface area contributed by atoms with Crippen LogP contribution in [-0.2, 0) is 28.6 Å². The van der Waals surface area contributed by atoms with E-state index in [1.54, 1.807) is 0 Å². The molecule has 0 aromatic rings. The Kier molecular flexibility index (Phi) is 59.7. The molecule has 0 heterocycles. The quantitative estimate of drug-likeness (QED) is 0.0261. The minimum absolute atomic E-state index is 0.0813. The van der Waals surface area contributed by atoms with Gasteiger partial charge in [-0.25, -0.2) is 0 Å². The molecule has 0 spiro atoms. The minimum Gasteiger partial charge on any atom is -0.462 e. The zero-order valence-electron chi connectivity index (χ0n) is 49.1. The second-order valence-electron chi connectivity index (χ2n) is 21.3. The lowest BCUT2D eigenvalue weighted by molar-refractivity contribution is -0.167. The number of rotatable bonds is 58. The van der Waals surface area contributed by atoms with E-state index in [-0.39, 0.29) is 31.1 Å². The molecule has 0 saturated heterocycles. The van der Waals surface area contributed by atoms with Gasteiger partial charge in [-0.3, -0.25) is 14.4 Å². The van der Waals surface area contributed by atoms with Crippen LogP contribution >= 0.6 is 0 Å². The largest absolute Gasteiger partial charge is 0.462 e. The standard InChI is InChI=1S/C68H120O6/c1-4-7-10-13-16-19-22-25-28-31-33-34-35-38-40-43-46-49-52-55-58-61-67(70)73-64-65(63-72-66(69)60-57-54-51-48-45-42-39-36-30-27-24-21-18-15-12-9-6-3)74-68(71)62-59-56-53-50-47-44-41-37-32-29-26-23-20-17-14-11-8-5-2/h9,12,18,21-22,25,27,29-33,65H,4-8,10-11,13-17,19-20,23-24,26,28,34-64H2,1-3H3/b12-9-,21-18-,25-22-,30-27-,32-29-,33-31-. The van der Waals surface area contributed by atoms with E-state index in [0.717, 1.165) is 89.9 Å². The number of esters is 3. The van der Waals surface area contributed by atoms with Crippen molar-refractivity contribution in [2.75, 3.05) is 13.2 Å². The Hall–Kier alpha value is -3.15. The highest BCUT2D eigenvalue weighted by Gasteiger charge is 2.19. The van der Waals surface area contributed by atoms with Crippen LogP contribution in [0.5, 0.6) is 0 Å². The van der Waals surface area contributed by atoms with Crippen LogP contribution in [0.1, 0.15) is 323 Å². The first kappa shape index (κ1) is 70.8. The van der Waals surface area contributed by atoms with Crippen LogP contribution in [0.4, 0.5) is 0 Å². The number of carbonyl (C=O) groups excluding carboxylic acids is 3. The molecule has 0 bridgehead atoms. The highest BCUT2D eigenvalue weighted by Crippen LogP contribution is 2.16. The van der Waals surface area contributed by atoms with Crippen molar-refractivity contribution in [1.29, 1.82) is 0 Å². The number of unbranched alkanes of at least 4 members (excludes halogenated alkanes) is 35. The van der Waals surface area contributed by atoms with E-state index in [1.807, 2.05) is 0 Å². The summed E-state index contributed by atoms with van der Waals surface area (Å²) in [6.45, 7) is 6.54. The zero-order valence-corrected chi connectivity index (χ0v) is 49.1. The van der Waals surface area contributed by atoms with E-state index < -0.39 is 6.10 Å². The first-order valence-electron chi connectivity index (χ1n) is 31.9. The van der Waals surface area contributed by atoms with Gasteiger partial charge < -0.3 is 14.2 Å². The summed E-state index contributed by atoms with van der Waals surface area (Å²) < 4.78 is 16.9. The van der Waals surface area contributed by atoms with E-state index in [4.69, 9.17) is 14.2 Å². The lowest BCUT2D eigenvalue weighted by atomic mass is 10.1. The van der Waals surface area contributed by atoms with Gasteiger partial charge in [-0.15, -0.1) is 0 Å². The number of carbonyl (C=O) groups is 3. The van der Waals surface area contributed by atoms with Crippen molar-refractivity contribution in [2.24, 2.45) is 0 Å². The van der Waals surface area contributed by atoms with Crippen LogP contribution in [0.3, 0.4) is 0 Å². The Bertz CT molecular complexity index is 1370. The minimum atomic E-state index is -0.785. The van der Waals surface area contributed by atoms with E-state index in [1.165, 1.54) is 193 Å². The molecule has 0 fully saturated rings. The molecule has 0 saturated carbocycles. The van der Waals surface area contributed by atoms with E-state index >= 15 is 0 Å². The second kappa shape index (κ2) is 62.4. The van der Waals surface area contributed by atoms with Crippen molar-refractivity contribution < 1.29 is 28.6 Å². The van der Waals surface area contributed by atoms with Gasteiger partial charge in [0.15, 0.2) is 6.10 Å². The number of allylic oxidation sites excluding steroid dienone is 12. The second-order valence-corrected chi connectivity index (χ2v) is 21.3. The van der Waals surface area contributed by atoms with Crippen LogP contribution < -0.4 is 0 Å². The molecule has 0 amide bonds. The van der Waals surface area contributed by atoms with Gasteiger partial charge in [0.1, 0.15) is 13.2 Å². The lowest BCUT2D eigenvalue weighted by Gasteiger charge is -2.18. The molecule has 1 unspecified atom stereocenters. The van der Waals surface area contributed by atoms with Crippen LogP contribution in [-0.4, -0.2) is 37.2 Å². The third-order valence-corrected chi connectivity index (χ3v) is 13.9. The van der Waals surface area contributed by atoms with Gasteiger partial charge in [0.05, 0.1) is 0 Å². The van der Waals surface area contributed by atoms with Gasteiger partial charge in [-0.2, -0.15) is 0 Å². The first-order chi connectivity index (χ1) is 36.5. The van der Waals surface area contributed by atoms with Crippen molar-refractivity contribution in [1.82, 2.24) is 0 Å². The van der Waals surface area contributed by atoms with Gasteiger partial charge in [0, 0.05) is 19.3 Å². The number of hydrogen-bond acceptors (Lipinski definition) is 6. The fraction of sp³-hybridized carbons (Fsp3) is 0.779. The summed E-state index contributed by atoms with van der Waals surface area (Å²) in [5, 5.41) is 0. The van der Waals surface area contributed by atoms with E-state index in [2.05, 4.69) is 93.7 Å². The molecule has 1 atom stereocenters. The summed E-state index contributed by atoms with van der Waals surface area (Å²) in [7, 11) is 0. The highest BCUT2D eigenvalue weighted by molar-refractivity contribution is 5.71. The predicted molar refractivity (Wildman–Crippen MR) is 321 cm³/mol. The third-order valence-electron chi connectivity index (χ3n) is 13.9. The van der Waals surface area contributed by atoms with Crippen LogP contribution in [0.15, 0.2) is 72.9 Å². The van der Waals surface area contributed by atoms with Crippen molar-refractivity contribution in [3.63, 3.8) is 0 Å². The molecule has 0 rings (SSSR count). The summed E-state index contributed by atoms with van der Waals surface area (Å²) in [6.07, 6.45) is 80.4. The number of ether oxygens (including phenoxy) is 3. The van der Waals surface area contributed by atoms with Crippen molar-refractivity contribution >= 4 is 17.9 Å². The molecular weight excluding hydrogens is 913 g/mol.